The predicted octanol–water partition coefficient (Wildman–Crippen LogP) is 5.64. The predicted molar refractivity (Wildman–Crippen MR) is 149 cm³/mol. The number of piperidine rings is 1. The Labute approximate surface area is 223 Å². The molecule has 2 aliphatic heterocycles. The zero-order chi connectivity index (χ0) is 26.4. The molecule has 37 heavy (non-hydrogen) atoms. The van der Waals surface area contributed by atoms with Gasteiger partial charge in [0.05, 0.1) is 5.69 Å². The van der Waals surface area contributed by atoms with Gasteiger partial charge in [0.25, 0.3) is 5.56 Å². The Morgan fingerprint density at radius 3 is 2.51 bits per heavy atom. The number of nitrogens with zero attached hydrogens (tertiary/aromatic N) is 3. The largest absolute Gasteiger partial charge is 0.445 e. The van der Waals surface area contributed by atoms with Crippen molar-refractivity contribution < 1.29 is 9.53 Å². The molecule has 8 heteroatoms. The summed E-state index contributed by atoms with van der Waals surface area (Å²) >= 11 is 6.40. The fraction of sp³-hybridized carbons (Fsp3) is 0.517. The molecule has 1 N–H and O–H groups in total. The Kier molecular flexibility index (Phi) is 7.12. The third-order valence-electron chi connectivity index (χ3n) is 8.11. The van der Waals surface area contributed by atoms with Gasteiger partial charge in [0.15, 0.2) is 0 Å². The lowest BCUT2D eigenvalue weighted by atomic mass is 9.87. The van der Waals surface area contributed by atoms with E-state index in [9.17, 15) is 9.59 Å². The summed E-state index contributed by atoms with van der Waals surface area (Å²) in [5.41, 5.74) is 6.20. The highest BCUT2D eigenvalue weighted by atomic mass is 35.5. The first-order valence-corrected chi connectivity index (χ1v) is 13.7. The molecule has 1 aromatic carbocycles. The van der Waals surface area contributed by atoms with Gasteiger partial charge in [-0.2, -0.15) is 0 Å². The summed E-state index contributed by atoms with van der Waals surface area (Å²) in [4.78, 5) is 32.7. The van der Waals surface area contributed by atoms with Crippen molar-refractivity contribution in [3.63, 3.8) is 0 Å². The number of halogens is 1. The molecule has 5 rings (SSSR count). The maximum absolute atomic E-state index is 12.7. The number of nitrogens with one attached hydrogen (secondary N) is 1. The fourth-order valence-electron chi connectivity index (χ4n) is 5.93. The number of carbonyl (C=O) groups excluding carboxylic acids is 1. The number of hydrogen-bond acceptors (Lipinski definition) is 4. The van der Waals surface area contributed by atoms with Crippen molar-refractivity contribution >= 4 is 28.6 Å². The maximum atomic E-state index is 12.7. The van der Waals surface area contributed by atoms with Crippen molar-refractivity contribution in [1.82, 2.24) is 19.4 Å². The molecule has 1 amide bonds. The van der Waals surface area contributed by atoms with Crippen LogP contribution in [0.3, 0.4) is 0 Å². The van der Waals surface area contributed by atoms with E-state index in [4.69, 9.17) is 16.3 Å². The molecule has 0 spiro atoms. The van der Waals surface area contributed by atoms with E-state index in [0.717, 1.165) is 67.8 Å². The number of carbonyl (C=O) groups is 1. The van der Waals surface area contributed by atoms with Crippen molar-refractivity contribution in [2.45, 2.75) is 58.0 Å². The van der Waals surface area contributed by atoms with E-state index in [1.807, 2.05) is 18.0 Å². The van der Waals surface area contributed by atoms with Gasteiger partial charge in [-0.3, -0.25) is 4.79 Å². The molecule has 3 aromatic rings. The SMILES string of the molecule is Cc1c(-c2[nH]c3ccc(C4CCN(C(=O)OC5CCN(C)C5)CC4)cc3c2C(C)C)cn(C)c(=O)c1Cl. The van der Waals surface area contributed by atoms with Gasteiger partial charge in [-0.15, -0.1) is 0 Å². The summed E-state index contributed by atoms with van der Waals surface area (Å²) in [6, 6.07) is 6.69. The molecular weight excluding hydrogens is 488 g/mol. The van der Waals surface area contributed by atoms with Crippen LogP contribution in [0.15, 0.2) is 29.2 Å². The average Bonchev–Trinajstić information content (AvgIpc) is 3.47. The standard InChI is InChI=1S/C29H37ClN4O3/c1-17(2)25-22-14-20(19-8-12-34(13-9-19)29(36)37-21-10-11-32(4)15-21)6-7-24(22)31-27(25)23-16-33(5)28(35)26(30)18(23)3/h6-7,14,16-17,19,21,31H,8-13,15H2,1-5H3. The van der Waals surface area contributed by atoms with Crippen LogP contribution < -0.4 is 5.56 Å². The van der Waals surface area contributed by atoms with E-state index in [2.05, 4.69) is 49.0 Å². The molecule has 7 nitrogen and oxygen atoms in total. The highest BCUT2D eigenvalue weighted by Crippen LogP contribution is 2.39. The minimum Gasteiger partial charge on any atom is -0.445 e. The quantitative estimate of drug-likeness (QED) is 0.479. The third kappa shape index (κ3) is 4.91. The number of likely N-dealkylation sites (N-methyl/N-ethyl adjacent to an activating group) is 1. The van der Waals surface area contributed by atoms with E-state index in [0.29, 0.717) is 5.92 Å². The number of H-pyrrole nitrogens is 1. The molecule has 198 valence electrons. The van der Waals surface area contributed by atoms with Crippen molar-refractivity contribution in [1.29, 1.82) is 0 Å². The molecule has 0 aliphatic carbocycles. The Morgan fingerprint density at radius 2 is 1.86 bits per heavy atom. The summed E-state index contributed by atoms with van der Waals surface area (Å²) < 4.78 is 7.30. The lowest BCUT2D eigenvalue weighted by molar-refractivity contribution is 0.0600. The number of aromatic nitrogens is 2. The van der Waals surface area contributed by atoms with Crippen molar-refractivity contribution in [2.24, 2.45) is 7.05 Å². The van der Waals surface area contributed by atoms with Gasteiger partial charge in [-0.05, 0) is 73.9 Å². The van der Waals surface area contributed by atoms with Gasteiger partial charge in [-0.1, -0.05) is 31.5 Å². The fourth-order valence-corrected chi connectivity index (χ4v) is 6.17. The van der Waals surface area contributed by atoms with Crippen molar-refractivity contribution in [3.8, 4) is 11.3 Å². The number of hydrogen-bond donors (Lipinski definition) is 1. The molecule has 0 bridgehead atoms. The topological polar surface area (TPSA) is 70.6 Å². The first-order chi connectivity index (χ1) is 17.6. The number of likely N-dealkylation sites (tertiary alicyclic amines) is 2. The summed E-state index contributed by atoms with van der Waals surface area (Å²) in [5, 5.41) is 1.47. The van der Waals surface area contributed by atoms with Crippen LogP contribution >= 0.6 is 11.6 Å². The van der Waals surface area contributed by atoms with Crippen LogP contribution in [0.5, 0.6) is 0 Å². The number of aryl methyl sites for hydroxylation is 1. The summed E-state index contributed by atoms with van der Waals surface area (Å²) in [5.74, 6) is 0.679. The van der Waals surface area contributed by atoms with E-state index < -0.39 is 0 Å². The monoisotopic (exact) mass is 524 g/mol. The number of pyridine rings is 1. The molecule has 2 aliphatic rings. The lowest BCUT2D eigenvalue weighted by Crippen LogP contribution is -2.40. The normalized spacial score (nSPS) is 19.3. The minimum absolute atomic E-state index is 0.0143. The van der Waals surface area contributed by atoms with Crippen LogP contribution in [0, 0.1) is 6.92 Å². The van der Waals surface area contributed by atoms with E-state index in [1.165, 1.54) is 16.5 Å². The van der Waals surface area contributed by atoms with E-state index in [1.54, 1.807) is 11.6 Å². The van der Waals surface area contributed by atoms with Gasteiger partial charge in [0.1, 0.15) is 11.1 Å². The van der Waals surface area contributed by atoms with E-state index in [-0.39, 0.29) is 28.7 Å². The van der Waals surface area contributed by atoms with Gasteiger partial charge in [0.2, 0.25) is 0 Å². The van der Waals surface area contributed by atoms with Gasteiger partial charge in [0, 0.05) is 55.9 Å². The Hall–Kier alpha value is -2.77. The Bertz CT molecular complexity index is 1380. The smallest absolute Gasteiger partial charge is 0.410 e. The molecule has 2 saturated heterocycles. The van der Waals surface area contributed by atoms with Gasteiger partial charge < -0.3 is 24.1 Å². The first-order valence-electron chi connectivity index (χ1n) is 13.3. The van der Waals surface area contributed by atoms with Gasteiger partial charge >= 0.3 is 6.09 Å². The van der Waals surface area contributed by atoms with Crippen LogP contribution in [0.25, 0.3) is 22.2 Å². The molecule has 0 saturated carbocycles. The molecule has 1 unspecified atom stereocenters. The number of amides is 1. The minimum atomic E-state index is -0.182. The zero-order valence-corrected chi connectivity index (χ0v) is 23.2. The van der Waals surface area contributed by atoms with Crippen LogP contribution in [0.2, 0.25) is 5.02 Å². The van der Waals surface area contributed by atoms with Crippen LogP contribution in [0.1, 0.15) is 61.6 Å². The first kappa shape index (κ1) is 25.9. The second-order valence-corrected chi connectivity index (χ2v) is 11.5. The molecule has 4 heterocycles. The number of benzene rings is 1. The van der Waals surface area contributed by atoms with Crippen molar-refractivity contribution in [3.05, 3.63) is 56.5 Å². The summed E-state index contributed by atoms with van der Waals surface area (Å²) in [7, 11) is 3.80. The highest BCUT2D eigenvalue weighted by Gasteiger charge is 2.29. The number of ether oxygens (including phenoxy) is 1. The summed E-state index contributed by atoms with van der Waals surface area (Å²) in [6.45, 7) is 9.54. The molecule has 2 fully saturated rings. The third-order valence-corrected chi connectivity index (χ3v) is 8.56. The average molecular weight is 525 g/mol. The highest BCUT2D eigenvalue weighted by molar-refractivity contribution is 6.31. The Morgan fingerprint density at radius 1 is 1.14 bits per heavy atom. The van der Waals surface area contributed by atoms with Crippen molar-refractivity contribution in [2.75, 3.05) is 33.2 Å². The lowest BCUT2D eigenvalue weighted by Gasteiger charge is -2.32. The number of fused-ring (bicyclic) bond motifs is 1. The van der Waals surface area contributed by atoms with E-state index >= 15 is 0 Å². The zero-order valence-electron chi connectivity index (χ0n) is 22.4. The van der Waals surface area contributed by atoms with Gasteiger partial charge in [-0.25, -0.2) is 4.79 Å². The molecular formula is C29H37ClN4O3. The van der Waals surface area contributed by atoms with Crippen LogP contribution in [-0.4, -0.2) is 64.8 Å². The Balaban J connectivity index is 1.38. The summed E-state index contributed by atoms with van der Waals surface area (Å²) in [6.07, 6.45) is 4.49. The second-order valence-electron chi connectivity index (χ2n) is 11.1. The maximum Gasteiger partial charge on any atom is 0.410 e. The number of aromatic amines is 1. The van der Waals surface area contributed by atoms with Crippen LogP contribution in [-0.2, 0) is 11.8 Å². The molecule has 0 radical (unpaired) electrons. The van der Waals surface area contributed by atoms with Crippen LogP contribution in [0.4, 0.5) is 4.79 Å². The second kappa shape index (κ2) is 10.2. The molecule has 2 aromatic heterocycles. The molecule has 1 atom stereocenters. The number of rotatable bonds is 4.